The minimum absolute atomic E-state index is 0.0780. The fourth-order valence-corrected chi connectivity index (χ4v) is 2.94. The van der Waals surface area contributed by atoms with Gasteiger partial charge in [-0.2, -0.15) is 0 Å². The van der Waals surface area contributed by atoms with Crippen LogP contribution in [0.3, 0.4) is 0 Å². The van der Waals surface area contributed by atoms with Crippen molar-refractivity contribution >= 4 is 16.7 Å². The lowest BCUT2D eigenvalue weighted by atomic mass is 9.99. The van der Waals surface area contributed by atoms with Gasteiger partial charge in [-0.3, -0.25) is 4.79 Å². The number of aromatic nitrogens is 1. The minimum atomic E-state index is -0.331. The molecule has 2 aromatic carbocycles. The summed E-state index contributed by atoms with van der Waals surface area (Å²) in [4.78, 5) is 16.0. The van der Waals surface area contributed by atoms with Gasteiger partial charge in [0.25, 0.3) is 0 Å². The van der Waals surface area contributed by atoms with Crippen LogP contribution in [0.2, 0.25) is 0 Å². The maximum atomic E-state index is 13.7. The van der Waals surface area contributed by atoms with E-state index in [9.17, 15) is 9.18 Å². The van der Waals surface area contributed by atoms with E-state index in [1.54, 1.807) is 13.2 Å². The minimum Gasteiger partial charge on any atom is -0.497 e. The van der Waals surface area contributed by atoms with Gasteiger partial charge in [0.05, 0.1) is 18.4 Å². The number of halogens is 1. The van der Waals surface area contributed by atoms with Crippen molar-refractivity contribution in [3.05, 3.63) is 53.8 Å². The van der Waals surface area contributed by atoms with Gasteiger partial charge >= 0.3 is 0 Å². The summed E-state index contributed by atoms with van der Waals surface area (Å²) in [5, 5.41) is 0.660. The van der Waals surface area contributed by atoms with Gasteiger partial charge in [0, 0.05) is 16.8 Å². The first kappa shape index (κ1) is 14.0. The number of benzene rings is 2. The molecule has 0 aliphatic heterocycles. The maximum absolute atomic E-state index is 13.7. The van der Waals surface area contributed by atoms with E-state index < -0.39 is 0 Å². The third kappa shape index (κ3) is 2.40. The number of hydrogen-bond donors (Lipinski definition) is 1. The molecule has 1 N–H and O–H groups in total. The molecule has 0 bridgehead atoms. The molecule has 0 amide bonds. The molecule has 3 nitrogen and oxygen atoms in total. The molecule has 1 fully saturated rings. The van der Waals surface area contributed by atoms with Crippen LogP contribution in [0.4, 0.5) is 4.39 Å². The van der Waals surface area contributed by atoms with E-state index in [-0.39, 0.29) is 17.5 Å². The van der Waals surface area contributed by atoms with Crippen LogP contribution in [0.1, 0.15) is 23.2 Å². The van der Waals surface area contributed by atoms with Crippen molar-refractivity contribution in [1.82, 2.24) is 4.98 Å². The molecule has 116 valence electrons. The Balaban J connectivity index is 1.93. The average molecular weight is 309 g/mol. The molecule has 0 saturated heterocycles. The zero-order valence-corrected chi connectivity index (χ0v) is 12.7. The van der Waals surface area contributed by atoms with Gasteiger partial charge in [-0.15, -0.1) is 0 Å². The first-order valence-electron chi connectivity index (χ1n) is 7.67. The van der Waals surface area contributed by atoms with Crippen LogP contribution in [0.5, 0.6) is 5.75 Å². The lowest BCUT2D eigenvalue weighted by Gasteiger charge is -2.05. The second-order valence-corrected chi connectivity index (χ2v) is 5.93. The van der Waals surface area contributed by atoms with E-state index in [4.69, 9.17) is 4.74 Å². The molecule has 4 heteroatoms. The zero-order valence-electron chi connectivity index (χ0n) is 12.7. The largest absolute Gasteiger partial charge is 0.497 e. The highest BCUT2D eigenvalue weighted by molar-refractivity contribution is 6.14. The molecule has 1 aliphatic rings. The van der Waals surface area contributed by atoms with Crippen molar-refractivity contribution in [2.45, 2.75) is 12.8 Å². The third-order valence-electron chi connectivity index (χ3n) is 4.33. The van der Waals surface area contributed by atoms with Crippen molar-refractivity contribution in [2.24, 2.45) is 5.92 Å². The van der Waals surface area contributed by atoms with Crippen molar-refractivity contribution in [2.75, 3.05) is 7.11 Å². The van der Waals surface area contributed by atoms with Crippen molar-refractivity contribution in [3.63, 3.8) is 0 Å². The zero-order chi connectivity index (χ0) is 16.0. The molecule has 0 spiro atoms. The average Bonchev–Trinajstić information content (AvgIpc) is 3.35. The number of carbonyl (C=O) groups is 1. The van der Waals surface area contributed by atoms with Gasteiger partial charge in [-0.05, 0) is 60.9 Å². The first-order chi connectivity index (χ1) is 11.2. The predicted molar refractivity (Wildman–Crippen MR) is 87.3 cm³/mol. The molecule has 3 aromatic rings. The Morgan fingerprint density at radius 1 is 1.17 bits per heavy atom. The molecule has 0 unspecified atom stereocenters. The smallest absolute Gasteiger partial charge is 0.168 e. The van der Waals surface area contributed by atoms with E-state index in [0.717, 1.165) is 35.4 Å². The van der Waals surface area contributed by atoms with Crippen LogP contribution in [0.15, 0.2) is 42.5 Å². The fraction of sp³-hybridized carbons (Fsp3) is 0.211. The summed E-state index contributed by atoms with van der Waals surface area (Å²) in [5.41, 5.74) is 3.03. The van der Waals surface area contributed by atoms with Crippen LogP contribution in [-0.2, 0) is 0 Å². The van der Waals surface area contributed by atoms with Gasteiger partial charge in [-0.1, -0.05) is 0 Å². The molecular weight excluding hydrogens is 293 g/mol. The number of methoxy groups -OCH3 is 1. The summed E-state index contributed by atoms with van der Waals surface area (Å²) < 4.78 is 18.8. The van der Waals surface area contributed by atoms with Crippen LogP contribution in [0, 0.1) is 11.7 Å². The Labute approximate surface area is 133 Å². The maximum Gasteiger partial charge on any atom is 0.168 e. The number of nitrogens with one attached hydrogen (secondary N) is 1. The number of hydrogen-bond acceptors (Lipinski definition) is 2. The number of H-pyrrole nitrogens is 1. The van der Waals surface area contributed by atoms with Gasteiger partial charge in [0.2, 0.25) is 0 Å². The van der Waals surface area contributed by atoms with Gasteiger partial charge in [-0.25, -0.2) is 4.39 Å². The molecule has 23 heavy (non-hydrogen) atoms. The third-order valence-corrected chi connectivity index (χ3v) is 4.33. The SMILES string of the molecule is COc1ccc(-c2[nH]c3ccc(F)cc3c2C(=O)C2CC2)cc1. The molecule has 1 aromatic heterocycles. The monoisotopic (exact) mass is 309 g/mol. The van der Waals surface area contributed by atoms with Crippen LogP contribution >= 0.6 is 0 Å². The Morgan fingerprint density at radius 2 is 1.91 bits per heavy atom. The van der Waals surface area contributed by atoms with E-state index in [1.165, 1.54) is 12.1 Å². The molecule has 4 rings (SSSR count). The van der Waals surface area contributed by atoms with E-state index >= 15 is 0 Å². The van der Waals surface area contributed by atoms with Crippen LogP contribution < -0.4 is 4.74 Å². The molecule has 1 aliphatic carbocycles. The number of Topliss-reactive ketones (excluding diaryl/α,β-unsaturated/α-hetero) is 1. The standard InChI is InChI=1S/C19H16FNO2/c1-23-14-7-4-11(5-8-14)18-17(19(22)12-2-3-12)15-10-13(20)6-9-16(15)21-18/h4-10,12,21H,2-3H2,1H3. The normalized spacial score (nSPS) is 14.2. The fourth-order valence-electron chi connectivity index (χ4n) is 2.94. The molecule has 0 atom stereocenters. The Morgan fingerprint density at radius 3 is 2.57 bits per heavy atom. The van der Waals surface area contributed by atoms with Gasteiger partial charge in [0.15, 0.2) is 5.78 Å². The van der Waals surface area contributed by atoms with Crippen molar-refractivity contribution < 1.29 is 13.9 Å². The highest BCUT2D eigenvalue weighted by Crippen LogP contribution is 2.39. The summed E-state index contributed by atoms with van der Waals surface area (Å²) in [7, 11) is 1.61. The summed E-state index contributed by atoms with van der Waals surface area (Å²) in [5.74, 6) is 0.607. The van der Waals surface area contributed by atoms with Crippen molar-refractivity contribution in [1.29, 1.82) is 0 Å². The topological polar surface area (TPSA) is 42.1 Å². The second-order valence-electron chi connectivity index (χ2n) is 5.93. The number of rotatable bonds is 4. The Bertz CT molecular complexity index is 892. The van der Waals surface area contributed by atoms with E-state index in [1.807, 2.05) is 24.3 Å². The molecular formula is C19H16FNO2. The molecule has 1 heterocycles. The number of ether oxygens (including phenoxy) is 1. The number of carbonyl (C=O) groups excluding carboxylic acids is 1. The van der Waals surface area contributed by atoms with Crippen LogP contribution in [0.25, 0.3) is 22.2 Å². The summed E-state index contributed by atoms with van der Waals surface area (Å²) >= 11 is 0. The van der Waals surface area contributed by atoms with Crippen LogP contribution in [-0.4, -0.2) is 17.9 Å². The predicted octanol–water partition coefficient (Wildman–Crippen LogP) is 4.58. The summed E-state index contributed by atoms with van der Waals surface area (Å²) in [6.07, 6.45) is 1.84. The Kier molecular flexibility index (Phi) is 3.18. The number of fused-ring (bicyclic) bond motifs is 1. The lowest BCUT2D eigenvalue weighted by Crippen LogP contribution is -2.02. The summed E-state index contributed by atoms with van der Waals surface area (Å²) in [6.45, 7) is 0. The quantitative estimate of drug-likeness (QED) is 0.717. The molecule has 1 saturated carbocycles. The number of aromatic amines is 1. The lowest BCUT2D eigenvalue weighted by molar-refractivity contribution is 0.0970. The summed E-state index contributed by atoms with van der Waals surface area (Å²) in [6, 6.07) is 12.0. The van der Waals surface area contributed by atoms with E-state index in [0.29, 0.717) is 10.9 Å². The Hall–Kier alpha value is -2.62. The van der Waals surface area contributed by atoms with Gasteiger partial charge < -0.3 is 9.72 Å². The van der Waals surface area contributed by atoms with Crippen molar-refractivity contribution in [3.8, 4) is 17.0 Å². The first-order valence-corrected chi connectivity index (χ1v) is 7.67. The molecule has 0 radical (unpaired) electrons. The number of ketones is 1. The highest BCUT2D eigenvalue weighted by Gasteiger charge is 2.34. The highest BCUT2D eigenvalue weighted by atomic mass is 19.1. The second kappa shape index (κ2) is 5.23. The van der Waals surface area contributed by atoms with Gasteiger partial charge in [0.1, 0.15) is 11.6 Å². The van der Waals surface area contributed by atoms with E-state index in [2.05, 4.69) is 4.98 Å².